The van der Waals surface area contributed by atoms with Crippen molar-refractivity contribution in [1.82, 2.24) is 4.90 Å². The number of carboxylic acids is 1. The highest BCUT2D eigenvalue weighted by molar-refractivity contribution is 5.77. The third-order valence-corrected chi connectivity index (χ3v) is 2.71. The molecule has 5 nitrogen and oxygen atoms in total. The van der Waals surface area contributed by atoms with E-state index in [9.17, 15) is 9.59 Å². The van der Waals surface area contributed by atoms with E-state index in [4.69, 9.17) is 10.8 Å². The second-order valence-electron chi connectivity index (χ2n) is 4.50. The average molecular weight is 244 g/mol. The zero-order valence-electron chi connectivity index (χ0n) is 11.0. The third-order valence-electron chi connectivity index (χ3n) is 2.71. The van der Waals surface area contributed by atoms with E-state index >= 15 is 0 Å². The number of carboxylic acid groups (broad SMARTS) is 1. The molecule has 0 saturated heterocycles. The minimum Gasteiger partial charge on any atom is -0.481 e. The van der Waals surface area contributed by atoms with Gasteiger partial charge in [0.05, 0.1) is 6.42 Å². The Kier molecular flexibility index (Phi) is 7.54. The molecule has 0 fully saturated rings. The fourth-order valence-electron chi connectivity index (χ4n) is 1.82. The number of hydrogen-bond acceptors (Lipinski definition) is 3. The summed E-state index contributed by atoms with van der Waals surface area (Å²) in [6, 6.07) is -0.144. The van der Waals surface area contributed by atoms with Crippen LogP contribution in [0.25, 0.3) is 0 Å². The summed E-state index contributed by atoms with van der Waals surface area (Å²) in [6.07, 6.45) is 2.01. The number of aliphatic carboxylic acids is 1. The summed E-state index contributed by atoms with van der Waals surface area (Å²) in [5.74, 6) is -0.860. The molecule has 17 heavy (non-hydrogen) atoms. The number of carbonyl (C=O) groups is 2. The topological polar surface area (TPSA) is 83.6 Å². The normalized spacial score (nSPS) is 14.1. The summed E-state index contributed by atoms with van der Waals surface area (Å²) in [5, 5.41) is 8.70. The molecule has 3 N–H and O–H groups in total. The Bertz CT molecular complexity index is 254. The van der Waals surface area contributed by atoms with Gasteiger partial charge in [0.25, 0.3) is 0 Å². The second-order valence-corrected chi connectivity index (χ2v) is 4.50. The molecule has 0 aliphatic heterocycles. The number of nitrogens with two attached hydrogens (primary N) is 1. The summed E-state index contributed by atoms with van der Waals surface area (Å²) >= 11 is 0. The zero-order valence-corrected chi connectivity index (χ0v) is 11.0. The van der Waals surface area contributed by atoms with Crippen molar-refractivity contribution >= 4 is 11.9 Å². The highest BCUT2D eigenvalue weighted by atomic mass is 16.4. The van der Waals surface area contributed by atoms with Crippen molar-refractivity contribution in [3.05, 3.63) is 0 Å². The van der Waals surface area contributed by atoms with Crippen molar-refractivity contribution < 1.29 is 14.7 Å². The molecule has 1 amide bonds. The SMILES string of the molecule is CCN(C(=O)CCCC(C)N)C(C)CC(=O)O. The Morgan fingerprint density at radius 2 is 1.94 bits per heavy atom. The molecule has 2 unspecified atom stereocenters. The molecule has 0 aromatic heterocycles. The molecule has 0 aromatic carbocycles. The average Bonchev–Trinajstić information content (AvgIpc) is 2.16. The van der Waals surface area contributed by atoms with E-state index in [0.29, 0.717) is 13.0 Å². The van der Waals surface area contributed by atoms with Crippen LogP contribution in [0.5, 0.6) is 0 Å². The Morgan fingerprint density at radius 3 is 2.35 bits per heavy atom. The Morgan fingerprint density at radius 1 is 1.35 bits per heavy atom. The first-order chi connectivity index (χ1) is 7.88. The van der Waals surface area contributed by atoms with Crippen molar-refractivity contribution in [3.8, 4) is 0 Å². The summed E-state index contributed by atoms with van der Waals surface area (Å²) in [4.78, 5) is 24.1. The van der Waals surface area contributed by atoms with Crippen molar-refractivity contribution in [2.45, 2.75) is 58.5 Å². The third kappa shape index (κ3) is 6.94. The van der Waals surface area contributed by atoms with Crippen LogP contribution in [-0.4, -0.2) is 40.5 Å². The van der Waals surface area contributed by atoms with Crippen LogP contribution in [0.15, 0.2) is 0 Å². The molecular weight excluding hydrogens is 220 g/mol. The van der Waals surface area contributed by atoms with Crippen LogP contribution >= 0.6 is 0 Å². The molecule has 0 radical (unpaired) electrons. The molecular formula is C12H24N2O3. The first-order valence-electron chi connectivity index (χ1n) is 6.15. The fourth-order valence-corrected chi connectivity index (χ4v) is 1.82. The Hall–Kier alpha value is -1.10. The van der Waals surface area contributed by atoms with Crippen molar-refractivity contribution in [2.24, 2.45) is 5.73 Å². The van der Waals surface area contributed by atoms with Crippen LogP contribution in [-0.2, 0) is 9.59 Å². The van der Waals surface area contributed by atoms with E-state index in [1.54, 1.807) is 11.8 Å². The molecule has 0 bridgehead atoms. The van der Waals surface area contributed by atoms with Crippen molar-refractivity contribution in [3.63, 3.8) is 0 Å². The fraction of sp³-hybridized carbons (Fsp3) is 0.833. The minimum absolute atomic E-state index is 0.00707. The van der Waals surface area contributed by atoms with Gasteiger partial charge in [-0.3, -0.25) is 9.59 Å². The van der Waals surface area contributed by atoms with Crippen LogP contribution < -0.4 is 5.73 Å². The molecule has 5 heteroatoms. The van der Waals surface area contributed by atoms with E-state index in [1.807, 2.05) is 13.8 Å². The summed E-state index contributed by atoms with van der Waals surface area (Å²) < 4.78 is 0. The van der Waals surface area contributed by atoms with Gasteiger partial charge in [0.15, 0.2) is 0 Å². The maximum Gasteiger partial charge on any atom is 0.305 e. The van der Waals surface area contributed by atoms with Crippen LogP contribution in [0.1, 0.15) is 46.5 Å². The standard InChI is InChI=1S/C12H24N2O3/c1-4-14(10(3)8-12(16)17)11(15)7-5-6-9(2)13/h9-10H,4-8,13H2,1-3H3,(H,16,17). The highest BCUT2D eigenvalue weighted by Gasteiger charge is 2.20. The smallest absolute Gasteiger partial charge is 0.305 e. The maximum atomic E-state index is 11.9. The molecule has 0 rings (SSSR count). The predicted octanol–water partition coefficient (Wildman–Crippen LogP) is 1.22. The lowest BCUT2D eigenvalue weighted by Crippen LogP contribution is -2.39. The van der Waals surface area contributed by atoms with Crippen LogP contribution in [0.3, 0.4) is 0 Å². The van der Waals surface area contributed by atoms with E-state index in [2.05, 4.69) is 0 Å². The summed E-state index contributed by atoms with van der Waals surface area (Å²) in [7, 11) is 0. The largest absolute Gasteiger partial charge is 0.481 e. The van der Waals surface area contributed by atoms with Gasteiger partial charge in [-0.05, 0) is 33.6 Å². The van der Waals surface area contributed by atoms with Gasteiger partial charge in [0.1, 0.15) is 0 Å². The lowest BCUT2D eigenvalue weighted by molar-refractivity contribution is -0.140. The maximum absolute atomic E-state index is 11.9. The lowest BCUT2D eigenvalue weighted by atomic mass is 10.1. The van der Waals surface area contributed by atoms with Gasteiger partial charge in [0, 0.05) is 25.0 Å². The van der Waals surface area contributed by atoms with E-state index in [0.717, 1.165) is 12.8 Å². The number of hydrogen-bond donors (Lipinski definition) is 2. The van der Waals surface area contributed by atoms with Gasteiger partial charge in [-0.15, -0.1) is 0 Å². The summed E-state index contributed by atoms with van der Waals surface area (Å²) in [5.41, 5.74) is 5.61. The van der Waals surface area contributed by atoms with Crippen LogP contribution in [0.4, 0.5) is 0 Å². The van der Waals surface area contributed by atoms with E-state index < -0.39 is 5.97 Å². The molecule has 0 aliphatic rings. The number of rotatable bonds is 8. The lowest BCUT2D eigenvalue weighted by Gasteiger charge is -2.27. The second kappa shape index (κ2) is 8.06. The summed E-state index contributed by atoms with van der Waals surface area (Å²) in [6.45, 7) is 6.09. The zero-order chi connectivity index (χ0) is 13.4. The molecule has 0 aromatic rings. The van der Waals surface area contributed by atoms with Gasteiger partial charge in [-0.1, -0.05) is 0 Å². The first-order valence-corrected chi connectivity index (χ1v) is 6.15. The molecule has 2 atom stereocenters. The van der Waals surface area contributed by atoms with Crippen molar-refractivity contribution in [2.75, 3.05) is 6.54 Å². The quantitative estimate of drug-likeness (QED) is 0.672. The van der Waals surface area contributed by atoms with Gasteiger partial charge >= 0.3 is 5.97 Å². The van der Waals surface area contributed by atoms with Gasteiger partial charge in [-0.2, -0.15) is 0 Å². The number of amides is 1. The number of nitrogens with zero attached hydrogens (tertiary/aromatic N) is 1. The molecule has 100 valence electrons. The van der Waals surface area contributed by atoms with Crippen molar-refractivity contribution in [1.29, 1.82) is 0 Å². The van der Waals surface area contributed by atoms with E-state index in [1.165, 1.54) is 0 Å². The van der Waals surface area contributed by atoms with Crippen LogP contribution in [0, 0.1) is 0 Å². The number of carbonyl (C=O) groups excluding carboxylic acids is 1. The monoisotopic (exact) mass is 244 g/mol. The first kappa shape index (κ1) is 15.9. The predicted molar refractivity (Wildman–Crippen MR) is 66.6 cm³/mol. The molecule has 0 heterocycles. The molecule has 0 aliphatic carbocycles. The minimum atomic E-state index is -0.876. The van der Waals surface area contributed by atoms with Gasteiger partial charge in [-0.25, -0.2) is 0 Å². The van der Waals surface area contributed by atoms with Gasteiger partial charge < -0.3 is 15.7 Å². The Labute approximate surface area is 103 Å². The van der Waals surface area contributed by atoms with Gasteiger partial charge in [0.2, 0.25) is 5.91 Å². The molecule has 0 saturated carbocycles. The van der Waals surface area contributed by atoms with E-state index in [-0.39, 0.29) is 24.4 Å². The Balaban J connectivity index is 4.15. The molecule has 0 spiro atoms. The highest BCUT2D eigenvalue weighted by Crippen LogP contribution is 2.09. The van der Waals surface area contributed by atoms with Crippen LogP contribution in [0.2, 0.25) is 0 Å².